The van der Waals surface area contributed by atoms with E-state index in [-0.39, 0.29) is 12.1 Å². The number of nitrogens with two attached hydrogens (primary N) is 1. The number of ether oxygens (including phenoxy) is 2. The van der Waals surface area contributed by atoms with Crippen molar-refractivity contribution in [3.8, 4) is 0 Å². The zero-order valence-corrected chi connectivity index (χ0v) is 11.4. The van der Waals surface area contributed by atoms with Crippen molar-refractivity contribution in [2.75, 3.05) is 19.8 Å². The normalized spacial score (nSPS) is 28.7. The van der Waals surface area contributed by atoms with Crippen LogP contribution in [0.15, 0.2) is 24.3 Å². The lowest BCUT2D eigenvalue weighted by Crippen LogP contribution is -2.38. The highest BCUT2D eigenvalue weighted by Gasteiger charge is 2.27. The molecule has 0 aliphatic carbocycles. The predicted octanol–water partition coefficient (Wildman–Crippen LogP) is 2.44. The largest absolute Gasteiger partial charge is 0.381 e. The van der Waals surface area contributed by atoms with Crippen molar-refractivity contribution >= 4 is 0 Å². The molecule has 0 radical (unpaired) electrons. The van der Waals surface area contributed by atoms with Crippen LogP contribution in [-0.2, 0) is 15.9 Å². The van der Waals surface area contributed by atoms with E-state index in [0.717, 1.165) is 39.1 Å². The van der Waals surface area contributed by atoms with E-state index in [9.17, 15) is 0 Å². The lowest BCUT2D eigenvalue weighted by atomic mass is 9.87. The predicted molar refractivity (Wildman–Crippen MR) is 75.0 cm³/mol. The van der Waals surface area contributed by atoms with Gasteiger partial charge in [0.2, 0.25) is 0 Å². The molecular weight excluding hydrogens is 238 g/mol. The van der Waals surface area contributed by atoms with Crippen LogP contribution in [-0.4, -0.2) is 25.9 Å². The maximum absolute atomic E-state index is 6.38. The van der Waals surface area contributed by atoms with Crippen molar-refractivity contribution in [3.05, 3.63) is 35.4 Å². The van der Waals surface area contributed by atoms with Crippen LogP contribution in [0.2, 0.25) is 0 Å². The van der Waals surface area contributed by atoms with Crippen LogP contribution < -0.4 is 5.73 Å². The summed E-state index contributed by atoms with van der Waals surface area (Å²) in [7, 11) is 0. The topological polar surface area (TPSA) is 44.5 Å². The smallest absolute Gasteiger partial charge is 0.0842 e. The van der Waals surface area contributed by atoms with Gasteiger partial charge in [-0.2, -0.15) is 0 Å². The van der Waals surface area contributed by atoms with E-state index < -0.39 is 0 Å². The SMILES string of the molecule is NC(CC1OCCc2ccccc21)C1CCCOC1. The van der Waals surface area contributed by atoms with Crippen molar-refractivity contribution in [1.29, 1.82) is 0 Å². The lowest BCUT2D eigenvalue weighted by Gasteiger charge is -2.32. The lowest BCUT2D eigenvalue weighted by molar-refractivity contribution is 0.00750. The standard InChI is InChI=1S/C16H23NO2/c17-15(13-5-3-8-18-11-13)10-16-14-6-2-1-4-12(14)7-9-19-16/h1-2,4,6,13,15-16H,3,5,7-11,17H2. The summed E-state index contributed by atoms with van der Waals surface area (Å²) in [5.74, 6) is 0.492. The van der Waals surface area contributed by atoms with Crippen LogP contribution in [0.1, 0.15) is 36.5 Å². The third-order valence-electron chi connectivity index (χ3n) is 4.38. The molecule has 2 N–H and O–H groups in total. The number of rotatable bonds is 3. The first-order valence-corrected chi connectivity index (χ1v) is 7.37. The highest BCUT2D eigenvalue weighted by Crippen LogP contribution is 2.32. The Morgan fingerprint density at radius 2 is 2.16 bits per heavy atom. The molecule has 1 saturated heterocycles. The summed E-state index contributed by atoms with van der Waals surface area (Å²) in [4.78, 5) is 0. The molecule has 19 heavy (non-hydrogen) atoms. The molecule has 2 aliphatic heterocycles. The molecule has 0 bridgehead atoms. The number of hydrogen-bond donors (Lipinski definition) is 1. The van der Waals surface area contributed by atoms with Crippen molar-refractivity contribution in [1.82, 2.24) is 0 Å². The first-order chi connectivity index (χ1) is 9.34. The minimum atomic E-state index is 0.168. The van der Waals surface area contributed by atoms with Gasteiger partial charge in [-0.15, -0.1) is 0 Å². The van der Waals surface area contributed by atoms with E-state index in [1.54, 1.807) is 0 Å². The zero-order chi connectivity index (χ0) is 13.1. The summed E-state index contributed by atoms with van der Waals surface area (Å²) in [6.45, 7) is 2.52. The Kier molecular flexibility index (Phi) is 4.16. The highest BCUT2D eigenvalue weighted by atomic mass is 16.5. The van der Waals surface area contributed by atoms with Gasteiger partial charge in [0, 0.05) is 12.6 Å². The van der Waals surface area contributed by atoms with E-state index in [0.29, 0.717) is 5.92 Å². The Labute approximate surface area is 115 Å². The van der Waals surface area contributed by atoms with E-state index in [2.05, 4.69) is 24.3 Å². The second-order valence-electron chi connectivity index (χ2n) is 5.69. The Bertz CT molecular complexity index is 415. The first kappa shape index (κ1) is 13.1. The van der Waals surface area contributed by atoms with E-state index in [1.165, 1.54) is 17.5 Å². The second kappa shape index (κ2) is 6.04. The summed E-state index contributed by atoms with van der Waals surface area (Å²) in [5.41, 5.74) is 9.13. The van der Waals surface area contributed by atoms with Gasteiger partial charge in [0.05, 0.1) is 19.3 Å². The maximum Gasteiger partial charge on any atom is 0.0842 e. The van der Waals surface area contributed by atoms with E-state index in [4.69, 9.17) is 15.2 Å². The average molecular weight is 261 g/mol. The molecule has 2 aliphatic rings. The van der Waals surface area contributed by atoms with Crippen molar-refractivity contribution < 1.29 is 9.47 Å². The van der Waals surface area contributed by atoms with Gasteiger partial charge in [-0.05, 0) is 42.7 Å². The summed E-state index contributed by atoms with van der Waals surface area (Å²) in [6.07, 6.45) is 4.43. The molecule has 3 heteroatoms. The molecule has 1 aromatic rings. The van der Waals surface area contributed by atoms with Crippen LogP contribution in [0.3, 0.4) is 0 Å². The molecule has 104 valence electrons. The molecule has 0 amide bonds. The molecule has 0 aromatic heterocycles. The van der Waals surface area contributed by atoms with Gasteiger partial charge >= 0.3 is 0 Å². The minimum Gasteiger partial charge on any atom is -0.381 e. The Morgan fingerprint density at radius 3 is 3.00 bits per heavy atom. The fraction of sp³-hybridized carbons (Fsp3) is 0.625. The second-order valence-corrected chi connectivity index (χ2v) is 5.69. The van der Waals surface area contributed by atoms with Crippen molar-refractivity contribution in [2.45, 2.75) is 37.8 Å². The van der Waals surface area contributed by atoms with Crippen LogP contribution in [0.4, 0.5) is 0 Å². The van der Waals surface area contributed by atoms with E-state index in [1.807, 2.05) is 0 Å². The molecule has 1 fully saturated rings. The van der Waals surface area contributed by atoms with Gasteiger partial charge in [0.1, 0.15) is 0 Å². The van der Waals surface area contributed by atoms with Gasteiger partial charge < -0.3 is 15.2 Å². The summed E-state index contributed by atoms with van der Waals surface area (Å²) >= 11 is 0. The first-order valence-electron chi connectivity index (χ1n) is 7.37. The van der Waals surface area contributed by atoms with Gasteiger partial charge in [-0.25, -0.2) is 0 Å². The number of hydrogen-bond acceptors (Lipinski definition) is 3. The summed E-state index contributed by atoms with van der Waals surface area (Å²) in [6, 6.07) is 8.77. The van der Waals surface area contributed by atoms with Crippen LogP contribution in [0.5, 0.6) is 0 Å². The van der Waals surface area contributed by atoms with Crippen LogP contribution in [0.25, 0.3) is 0 Å². The van der Waals surface area contributed by atoms with Gasteiger partial charge in [-0.1, -0.05) is 24.3 Å². The maximum atomic E-state index is 6.38. The zero-order valence-electron chi connectivity index (χ0n) is 11.4. The Balaban J connectivity index is 1.66. The van der Waals surface area contributed by atoms with Crippen LogP contribution >= 0.6 is 0 Å². The molecule has 0 saturated carbocycles. The molecule has 3 atom stereocenters. The minimum absolute atomic E-state index is 0.168. The number of benzene rings is 1. The average Bonchev–Trinajstić information content (AvgIpc) is 2.48. The van der Waals surface area contributed by atoms with E-state index >= 15 is 0 Å². The Morgan fingerprint density at radius 1 is 1.26 bits per heavy atom. The van der Waals surface area contributed by atoms with Crippen molar-refractivity contribution in [2.24, 2.45) is 11.7 Å². The number of fused-ring (bicyclic) bond motifs is 1. The summed E-state index contributed by atoms with van der Waals surface area (Å²) in [5, 5.41) is 0. The third-order valence-corrected chi connectivity index (χ3v) is 4.38. The molecule has 3 nitrogen and oxygen atoms in total. The summed E-state index contributed by atoms with van der Waals surface area (Å²) < 4.78 is 11.5. The molecular formula is C16H23NO2. The molecule has 0 spiro atoms. The molecule has 3 rings (SSSR count). The van der Waals surface area contributed by atoms with Crippen LogP contribution in [0, 0.1) is 5.92 Å². The van der Waals surface area contributed by atoms with Gasteiger partial charge in [0.15, 0.2) is 0 Å². The van der Waals surface area contributed by atoms with Gasteiger partial charge in [0.25, 0.3) is 0 Å². The molecule has 1 aromatic carbocycles. The fourth-order valence-electron chi connectivity index (χ4n) is 3.21. The Hall–Kier alpha value is -0.900. The highest BCUT2D eigenvalue weighted by molar-refractivity contribution is 5.31. The molecule has 2 heterocycles. The van der Waals surface area contributed by atoms with Gasteiger partial charge in [-0.3, -0.25) is 0 Å². The van der Waals surface area contributed by atoms with Crippen molar-refractivity contribution in [3.63, 3.8) is 0 Å². The third kappa shape index (κ3) is 2.99. The molecule has 3 unspecified atom stereocenters. The monoisotopic (exact) mass is 261 g/mol. The fourth-order valence-corrected chi connectivity index (χ4v) is 3.21. The quantitative estimate of drug-likeness (QED) is 0.909.